The Balaban J connectivity index is 1.41. The van der Waals surface area contributed by atoms with Gasteiger partial charge < -0.3 is 20.1 Å². The van der Waals surface area contributed by atoms with Gasteiger partial charge in [0.25, 0.3) is 0 Å². The fourth-order valence-electron chi connectivity index (χ4n) is 5.88. The van der Waals surface area contributed by atoms with E-state index in [2.05, 4.69) is 20.6 Å². The zero-order valence-electron chi connectivity index (χ0n) is 23.8. The fraction of sp³-hybridized carbons (Fsp3) is 0.419. The number of anilines is 2. The Morgan fingerprint density at radius 1 is 1.14 bits per heavy atom. The molecule has 0 radical (unpaired) electrons. The molecule has 1 aromatic heterocycles. The van der Waals surface area contributed by atoms with Gasteiger partial charge in [-0.2, -0.15) is 13.2 Å². The number of hydrogen-bond acceptors (Lipinski definition) is 7. The van der Waals surface area contributed by atoms with E-state index in [0.29, 0.717) is 25.8 Å². The number of alkyl halides is 3. The quantitative estimate of drug-likeness (QED) is 0.230. The summed E-state index contributed by atoms with van der Waals surface area (Å²) in [6, 6.07) is 9.25. The molecule has 0 unspecified atom stereocenters. The molecular formula is C31H32F4N4O4. The SMILES string of the molecule is COc1cc(C(=O)CC2CCOCC2)c(F)cc1Nc1ncc(C(F)(F)F)c(C[C@@H]2Cc3ccccc3[C@H]2NC(C)=O)n1. The highest BCUT2D eigenvalue weighted by Crippen LogP contribution is 2.40. The molecule has 2 N–H and O–H groups in total. The summed E-state index contributed by atoms with van der Waals surface area (Å²) in [5.41, 5.74) is 0.461. The second kappa shape index (κ2) is 12.7. The lowest BCUT2D eigenvalue weighted by Crippen LogP contribution is -2.31. The highest BCUT2D eigenvalue weighted by molar-refractivity contribution is 5.97. The van der Waals surface area contributed by atoms with E-state index in [1.165, 1.54) is 20.1 Å². The third kappa shape index (κ3) is 6.96. The molecular weight excluding hydrogens is 568 g/mol. The number of benzene rings is 2. The molecule has 1 aliphatic carbocycles. The maximum atomic E-state index is 15.2. The summed E-state index contributed by atoms with van der Waals surface area (Å²) in [5.74, 6) is -1.84. The van der Waals surface area contributed by atoms with E-state index in [-0.39, 0.29) is 59.1 Å². The second-order valence-corrected chi connectivity index (χ2v) is 10.9. The van der Waals surface area contributed by atoms with E-state index in [1.807, 2.05) is 24.3 Å². The van der Waals surface area contributed by atoms with E-state index in [9.17, 15) is 22.8 Å². The van der Waals surface area contributed by atoms with Gasteiger partial charge in [0.15, 0.2) is 5.78 Å². The molecule has 1 amide bonds. The number of aromatic nitrogens is 2. The van der Waals surface area contributed by atoms with Crippen molar-refractivity contribution < 1.29 is 36.6 Å². The van der Waals surface area contributed by atoms with Gasteiger partial charge in [0.05, 0.1) is 35.7 Å². The number of Topliss-reactive ketones (excluding diaryl/α,β-unsaturated/α-hetero) is 1. The number of halogens is 4. The van der Waals surface area contributed by atoms with Crippen LogP contribution >= 0.6 is 0 Å². The van der Waals surface area contributed by atoms with Crippen molar-refractivity contribution in [2.24, 2.45) is 11.8 Å². The van der Waals surface area contributed by atoms with Gasteiger partial charge in [0.2, 0.25) is 11.9 Å². The molecule has 8 nitrogen and oxygen atoms in total. The van der Waals surface area contributed by atoms with Crippen LogP contribution in [0.5, 0.6) is 5.75 Å². The summed E-state index contributed by atoms with van der Waals surface area (Å²) in [7, 11) is 1.34. The average Bonchev–Trinajstić information content (AvgIpc) is 3.29. The lowest BCUT2D eigenvalue weighted by atomic mass is 9.91. The molecule has 2 heterocycles. The van der Waals surface area contributed by atoms with Crippen molar-refractivity contribution >= 4 is 23.3 Å². The first-order valence-corrected chi connectivity index (χ1v) is 14.1. The molecule has 0 bridgehead atoms. The van der Waals surface area contributed by atoms with Crippen LogP contribution in [0.15, 0.2) is 42.6 Å². The minimum atomic E-state index is -4.72. The van der Waals surface area contributed by atoms with Crippen molar-refractivity contribution in [3.05, 3.63) is 76.4 Å². The van der Waals surface area contributed by atoms with Crippen molar-refractivity contribution in [3.63, 3.8) is 0 Å². The van der Waals surface area contributed by atoms with Gasteiger partial charge in [0.1, 0.15) is 11.6 Å². The number of carbonyl (C=O) groups excluding carboxylic acids is 2. The van der Waals surface area contributed by atoms with Crippen molar-refractivity contribution in [2.45, 2.75) is 51.2 Å². The molecule has 5 rings (SSSR count). The number of ether oxygens (including phenoxy) is 2. The highest BCUT2D eigenvalue weighted by atomic mass is 19.4. The number of nitrogens with zero attached hydrogens (tertiary/aromatic N) is 2. The van der Waals surface area contributed by atoms with Gasteiger partial charge in [-0.1, -0.05) is 24.3 Å². The molecule has 3 aromatic rings. The number of rotatable bonds is 9. The molecule has 2 aliphatic rings. The molecule has 228 valence electrons. The third-order valence-electron chi connectivity index (χ3n) is 7.98. The number of nitrogens with one attached hydrogen (secondary N) is 2. The number of fused-ring (bicyclic) bond motifs is 1. The summed E-state index contributed by atoms with van der Waals surface area (Å²) in [6.07, 6.45) is -2.07. The van der Waals surface area contributed by atoms with Gasteiger partial charge >= 0.3 is 6.18 Å². The minimum Gasteiger partial charge on any atom is -0.495 e. The lowest BCUT2D eigenvalue weighted by Gasteiger charge is -2.23. The maximum Gasteiger partial charge on any atom is 0.419 e. The molecule has 0 saturated carbocycles. The molecule has 2 aromatic carbocycles. The van der Waals surface area contributed by atoms with Crippen molar-refractivity contribution in [3.8, 4) is 5.75 Å². The number of methoxy groups -OCH3 is 1. The number of carbonyl (C=O) groups is 2. The fourth-order valence-corrected chi connectivity index (χ4v) is 5.88. The van der Waals surface area contributed by atoms with Crippen LogP contribution < -0.4 is 15.4 Å². The molecule has 0 spiro atoms. The number of hydrogen-bond donors (Lipinski definition) is 2. The van der Waals surface area contributed by atoms with Crippen LogP contribution in [0.1, 0.15) is 65.0 Å². The van der Waals surface area contributed by atoms with E-state index < -0.39 is 29.5 Å². The summed E-state index contributed by atoms with van der Waals surface area (Å²) < 4.78 is 68.0. The predicted molar refractivity (Wildman–Crippen MR) is 150 cm³/mol. The smallest absolute Gasteiger partial charge is 0.419 e. The van der Waals surface area contributed by atoms with Crippen molar-refractivity contribution in [2.75, 3.05) is 25.6 Å². The zero-order valence-corrected chi connectivity index (χ0v) is 23.8. The minimum absolute atomic E-state index is 0.0534. The van der Waals surface area contributed by atoms with E-state index in [0.717, 1.165) is 30.0 Å². The van der Waals surface area contributed by atoms with Crippen molar-refractivity contribution in [1.82, 2.24) is 15.3 Å². The van der Waals surface area contributed by atoms with Crippen LogP contribution in [0, 0.1) is 17.7 Å². The monoisotopic (exact) mass is 600 g/mol. The Bertz CT molecular complexity index is 1510. The standard InChI is InChI=1S/C31H32F4N4O4/c1-17(40)37-29-20(12-19-5-3-4-6-21(19)29)13-25-23(31(33,34)35)16-36-30(38-25)39-26-15-24(32)22(14-28(26)42-2)27(41)11-18-7-9-43-10-8-18/h3-6,14-16,18,20,29H,7-13H2,1-2H3,(H,37,40)(H,36,38,39)/t20-,29-/m0/s1. The van der Waals surface area contributed by atoms with E-state index in [1.54, 1.807) is 0 Å². The van der Waals surface area contributed by atoms with Crippen LogP contribution in [0.2, 0.25) is 0 Å². The average molecular weight is 601 g/mol. The Morgan fingerprint density at radius 3 is 2.58 bits per heavy atom. The van der Waals surface area contributed by atoms with Crippen LogP contribution in [0.25, 0.3) is 0 Å². The first kappa shape index (κ1) is 30.4. The second-order valence-electron chi connectivity index (χ2n) is 10.9. The Morgan fingerprint density at radius 2 is 1.88 bits per heavy atom. The largest absolute Gasteiger partial charge is 0.495 e. The van der Waals surface area contributed by atoms with Gasteiger partial charge in [-0.25, -0.2) is 14.4 Å². The molecule has 1 aliphatic heterocycles. The summed E-state index contributed by atoms with van der Waals surface area (Å²) in [5, 5.41) is 5.64. The van der Waals surface area contributed by atoms with Gasteiger partial charge in [0, 0.05) is 38.8 Å². The first-order valence-electron chi connectivity index (χ1n) is 14.1. The lowest BCUT2D eigenvalue weighted by molar-refractivity contribution is -0.138. The number of amides is 1. The maximum absolute atomic E-state index is 15.2. The van der Waals surface area contributed by atoms with Crippen LogP contribution in [-0.2, 0) is 28.5 Å². The predicted octanol–water partition coefficient (Wildman–Crippen LogP) is 5.98. The normalized spacial score (nSPS) is 18.7. The van der Waals surface area contributed by atoms with Crippen molar-refractivity contribution in [1.29, 1.82) is 0 Å². The van der Waals surface area contributed by atoms with Gasteiger partial charge in [-0.05, 0) is 54.7 Å². The molecule has 43 heavy (non-hydrogen) atoms. The van der Waals surface area contributed by atoms with Gasteiger partial charge in [-0.15, -0.1) is 0 Å². The van der Waals surface area contributed by atoms with E-state index >= 15 is 4.39 Å². The van der Waals surface area contributed by atoms with E-state index in [4.69, 9.17) is 9.47 Å². The Hall–Kier alpha value is -4.06. The Labute approximate surface area is 246 Å². The Kier molecular flexibility index (Phi) is 8.95. The van der Waals surface area contributed by atoms with Crippen LogP contribution in [0.4, 0.5) is 29.2 Å². The molecule has 1 saturated heterocycles. The molecule has 2 atom stereocenters. The topological polar surface area (TPSA) is 102 Å². The molecule has 1 fully saturated rings. The summed E-state index contributed by atoms with van der Waals surface area (Å²) in [6.45, 7) is 2.48. The van der Waals surface area contributed by atoms with Crippen LogP contribution in [0.3, 0.4) is 0 Å². The first-order chi connectivity index (χ1) is 20.5. The van der Waals surface area contributed by atoms with Gasteiger partial charge in [-0.3, -0.25) is 9.59 Å². The highest BCUT2D eigenvalue weighted by Gasteiger charge is 2.39. The third-order valence-corrected chi connectivity index (χ3v) is 7.98. The summed E-state index contributed by atoms with van der Waals surface area (Å²) >= 11 is 0. The molecule has 12 heteroatoms. The number of ketones is 1. The van der Waals surface area contributed by atoms with Crippen LogP contribution in [-0.4, -0.2) is 42.0 Å². The summed E-state index contributed by atoms with van der Waals surface area (Å²) in [4.78, 5) is 32.9. The zero-order chi connectivity index (χ0) is 30.7.